The van der Waals surface area contributed by atoms with E-state index in [-0.39, 0.29) is 5.54 Å². The van der Waals surface area contributed by atoms with Crippen molar-refractivity contribution in [2.75, 3.05) is 18.0 Å². The predicted octanol–water partition coefficient (Wildman–Crippen LogP) is 4.45. The summed E-state index contributed by atoms with van der Waals surface area (Å²) in [4.78, 5) is 2.51. The molecule has 114 valence electrons. The molecule has 1 atom stereocenters. The van der Waals surface area contributed by atoms with Crippen LogP contribution in [0.3, 0.4) is 0 Å². The number of nitrogens with zero attached hydrogens (tertiary/aromatic N) is 1. The van der Waals surface area contributed by atoms with Gasteiger partial charge in [-0.1, -0.05) is 38.5 Å². The molecule has 0 heterocycles. The Morgan fingerprint density at radius 2 is 1.80 bits per heavy atom. The number of anilines is 1. The first-order valence-corrected chi connectivity index (χ1v) is 7.95. The number of nitrogens with one attached hydrogen (secondary N) is 1. The molecule has 2 heteroatoms. The van der Waals surface area contributed by atoms with Crippen LogP contribution in [0, 0.1) is 5.92 Å². The molecule has 0 fully saturated rings. The second kappa shape index (κ2) is 7.68. The van der Waals surface area contributed by atoms with E-state index in [2.05, 4.69) is 76.0 Å². The predicted molar refractivity (Wildman–Crippen MR) is 90.4 cm³/mol. The lowest BCUT2D eigenvalue weighted by Crippen LogP contribution is -2.36. The lowest BCUT2D eigenvalue weighted by Gasteiger charge is -2.29. The van der Waals surface area contributed by atoms with E-state index in [4.69, 9.17) is 0 Å². The molecule has 0 amide bonds. The maximum atomic E-state index is 3.60. The van der Waals surface area contributed by atoms with E-state index in [1.165, 1.54) is 17.7 Å². The second-order valence-corrected chi connectivity index (χ2v) is 6.78. The zero-order chi connectivity index (χ0) is 15.2. The van der Waals surface area contributed by atoms with Gasteiger partial charge in [0.05, 0.1) is 0 Å². The van der Waals surface area contributed by atoms with Gasteiger partial charge in [0.25, 0.3) is 0 Å². The third-order valence-electron chi connectivity index (χ3n) is 3.75. The van der Waals surface area contributed by atoms with Gasteiger partial charge in [-0.15, -0.1) is 0 Å². The van der Waals surface area contributed by atoms with Crippen molar-refractivity contribution in [2.45, 2.75) is 60.0 Å². The first-order chi connectivity index (χ1) is 9.37. The van der Waals surface area contributed by atoms with Crippen LogP contribution in [0.25, 0.3) is 0 Å². The summed E-state index contributed by atoms with van der Waals surface area (Å²) in [5.41, 5.74) is 2.93. The highest BCUT2D eigenvalue weighted by Gasteiger charge is 2.14. The van der Waals surface area contributed by atoms with Gasteiger partial charge in [-0.3, -0.25) is 0 Å². The molecule has 0 aliphatic rings. The Morgan fingerprint density at radius 3 is 2.35 bits per heavy atom. The molecule has 20 heavy (non-hydrogen) atoms. The van der Waals surface area contributed by atoms with Crippen LogP contribution < -0.4 is 10.2 Å². The van der Waals surface area contributed by atoms with Crippen LogP contribution in [0.1, 0.15) is 53.5 Å². The Labute approximate surface area is 125 Å². The Balaban J connectivity index is 2.86. The van der Waals surface area contributed by atoms with Crippen LogP contribution in [-0.2, 0) is 6.54 Å². The van der Waals surface area contributed by atoms with Crippen molar-refractivity contribution in [2.24, 2.45) is 5.92 Å². The van der Waals surface area contributed by atoms with E-state index >= 15 is 0 Å². The molecule has 0 bridgehead atoms. The third-order valence-corrected chi connectivity index (χ3v) is 3.75. The lowest BCUT2D eigenvalue weighted by atomic mass is 10.1. The average Bonchev–Trinajstić information content (AvgIpc) is 2.42. The molecule has 1 aromatic rings. The molecule has 1 aromatic carbocycles. The maximum absolute atomic E-state index is 3.60. The first-order valence-electron chi connectivity index (χ1n) is 7.95. The normalized spacial score (nSPS) is 13.3. The molecule has 1 rings (SSSR count). The summed E-state index contributed by atoms with van der Waals surface area (Å²) in [6, 6.07) is 8.79. The fraction of sp³-hybridized carbons (Fsp3) is 0.667. The van der Waals surface area contributed by atoms with Crippen molar-refractivity contribution in [3.8, 4) is 0 Å². The molecule has 0 saturated heterocycles. The monoisotopic (exact) mass is 276 g/mol. The molecule has 0 radical (unpaired) electrons. The number of hydrogen-bond acceptors (Lipinski definition) is 2. The number of para-hydroxylation sites is 1. The van der Waals surface area contributed by atoms with Crippen molar-refractivity contribution >= 4 is 5.69 Å². The minimum absolute atomic E-state index is 0.154. The quantitative estimate of drug-likeness (QED) is 0.791. The summed E-state index contributed by atoms with van der Waals surface area (Å²) in [5.74, 6) is 0.735. The Bertz CT molecular complexity index is 393. The van der Waals surface area contributed by atoms with Crippen LogP contribution >= 0.6 is 0 Å². The Hall–Kier alpha value is -1.02. The Kier molecular flexibility index (Phi) is 6.54. The fourth-order valence-electron chi connectivity index (χ4n) is 2.23. The molecule has 1 unspecified atom stereocenters. The minimum atomic E-state index is 0.154. The van der Waals surface area contributed by atoms with Gasteiger partial charge in [-0.25, -0.2) is 0 Å². The molecule has 0 spiro atoms. The molecule has 0 saturated carbocycles. The zero-order valence-electron chi connectivity index (χ0n) is 14.2. The molecular formula is C18H32N2. The van der Waals surface area contributed by atoms with Crippen LogP contribution in [0.2, 0.25) is 0 Å². The molecular weight excluding hydrogens is 244 g/mol. The van der Waals surface area contributed by atoms with Crippen LogP contribution in [0.5, 0.6) is 0 Å². The SMILES string of the molecule is CCC(C)CN(CC)c1ccccc1CNC(C)(C)C. The van der Waals surface area contributed by atoms with E-state index in [0.29, 0.717) is 0 Å². The molecule has 1 N–H and O–H groups in total. The van der Waals surface area contributed by atoms with Gasteiger partial charge < -0.3 is 10.2 Å². The van der Waals surface area contributed by atoms with E-state index in [1.807, 2.05) is 0 Å². The highest BCUT2D eigenvalue weighted by atomic mass is 15.1. The van der Waals surface area contributed by atoms with Crippen LogP contribution in [0.4, 0.5) is 5.69 Å². The summed E-state index contributed by atoms with van der Waals surface area (Å²) in [5, 5.41) is 3.60. The number of rotatable bonds is 7. The molecule has 0 aliphatic carbocycles. The standard InChI is InChI=1S/C18H32N2/c1-7-15(3)14-20(8-2)17-12-10-9-11-16(17)13-19-18(4,5)6/h9-12,15,19H,7-8,13-14H2,1-6H3. The van der Waals surface area contributed by atoms with E-state index < -0.39 is 0 Å². The largest absolute Gasteiger partial charge is 0.371 e. The summed E-state index contributed by atoms with van der Waals surface area (Å²) < 4.78 is 0. The van der Waals surface area contributed by atoms with Gasteiger partial charge >= 0.3 is 0 Å². The first kappa shape index (κ1) is 17.0. The van der Waals surface area contributed by atoms with E-state index in [0.717, 1.165) is 25.6 Å². The van der Waals surface area contributed by atoms with Gasteiger partial charge in [-0.05, 0) is 45.2 Å². The molecule has 2 nitrogen and oxygen atoms in total. The highest BCUT2D eigenvalue weighted by Crippen LogP contribution is 2.22. The molecule has 0 aliphatic heterocycles. The number of hydrogen-bond donors (Lipinski definition) is 1. The summed E-state index contributed by atoms with van der Waals surface area (Å²) in [6.45, 7) is 16.6. The van der Waals surface area contributed by atoms with Gasteiger partial charge in [0.15, 0.2) is 0 Å². The Morgan fingerprint density at radius 1 is 1.15 bits per heavy atom. The second-order valence-electron chi connectivity index (χ2n) is 6.78. The van der Waals surface area contributed by atoms with Crippen molar-refractivity contribution in [1.82, 2.24) is 5.32 Å². The topological polar surface area (TPSA) is 15.3 Å². The lowest BCUT2D eigenvalue weighted by molar-refractivity contribution is 0.424. The van der Waals surface area contributed by atoms with Crippen molar-refractivity contribution < 1.29 is 0 Å². The third kappa shape index (κ3) is 5.54. The van der Waals surface area contributed by atoms with Gasteiger partial charge in [0.2, 0.25) is 0 Å². The highest BCUT2D eigenvalue weighted by molar-refractivity contribution is 5.53. The molecule has 0 aromatic heterocycles. The minimum Gasteiger partial charge on any atom is -0.371 e. The van der Waals surface area contributed by atoms with Gasteiger partial charge in [-0.2, -0.15) is 0 Å². The van der Waals surface area contributed by atoms with Crippen LogP contribution in [-0.4, -0.2) is 18.6 Å². The maximum Gasteiger partial charge on any atom is 0.0411 e. The summed E-state index contributed by atoms with van der Waals surface area (Å²) >= 11 is 0. The van der Waals surface area contributed by atoms with Crippen molar-refractivity contribution in [3.05, 3.63) is 29.8 Å². The smallest absolute Gasteiger partial charge is 0.0411 e. The van der Waals surface area contributed by atoms with E-state index in [1.54, 1.807) is 0 Å². The summed E-state index contributed by atoms with van der Waals surface area (Å²) in [7, 11) is 0. The van der Waals surface area contributed by atoms with Gasteiger partial charge in [0, 0.05) is 30.9 Å². The average molecular weight is 276 g/mol. The van der Waals surface area contributed by atoms with Crippen LogP contribution in [0.15, 0.2) is 24.3 Å². The van der Waals surface area contributed by atoms with Crippen molar-refractivity contribution in [3.63, 3.8) is 0 Å². The number of benzene rings is 1. The van der Waals surface area contributed by atoms with Gasteiger partial charge in [0.1, 0.15) is 0 Å². The fourth-order valence-corrected chi connectivity index (χ4v) is 2.23. The van der Waals surface area contributed by atoms with Crippen molar-refractivity contribution in [1.29, 1.82) is 0 Å². The summed E-state index contributed by atoms with van der Waals surface area (Å²) in [6.07, 6.45) is 1.24. The van der Waals surface area contributed by atoms with E-state index in [9.17, 15) is 0 Å². The zero-order valence-corrected chi connectivity index (χ0v) is 14.2.